The summed E-state index contributed by atoms with van der Waals surface area (Å²) < 4.78 is 0. The average molecular weight is 339 g/mol. The molecule has 0 atom stereocenters. The molecule has 120 valence electrons. The molecular weight excluding hydrogens is 324 g/mol. The predicted octanol–water partition coefficient (Wildman–Crippen LogP) is 3.88. The zero-order valence-corrected chi connectivity index (χ0v) is 13.7. The van der Waals surface area contributed by atoms with Crippen molar-refractivity contribution in [2.45, 2.75) is 6.92 Å². The zero-order valence-electron chi connectivity index (χ0n) is 13.0. The Morgan fingerprint density at radius 1 is 1.12 bits per heavy atom. The Hall–Kier alpha value is -2.92. The molecule has 0 bridgehead atoms. The molecule has 2 N–H and O–H groups in total. The maximum atomic E-state index is 12.2. The number of nitrogens with zero attached hydrogens (tertiary/aromatic N) is 2. The third kappa shape index (κ3) is 3.52. The number of carbonyl (C=O) groups is 1. The summed E-state index contributed by atoms with van der Waals surface area (Å²) >= 11 is 6.14. The van der Waals surface area contributed by atoms with Gasteiger partial charge in [0.15, 0.2) is 0 Å². The Bertz CT molecular complexity index is 887. The van der Waals surface area contributed by atoms with E-state index in [1.807, 2.05) is 55.5 Å². The van der Waals surface area contributed by atoms with Gasteiger partial charge < -0.3 is 0 Å². The van der Waals surface area contributed by atoms with Crippen LogP contribution in [0.3, 0.4) is 0 Å². The van der Waals surface area contributed by atoms with Gasteiger partial charge in [0.2, 0.25) is 0 Å². The third-order valence-corrected chi connectivity index (χ3v) is 3.82. The van der Waals surface area contributed by atoms with Crippen molar-refractivity contribution in [1.82, 2.24) is 15.6 Å². The number of aromatic nitrogens is 2. The highest BCUT2D eigenvalue weighted by Crippen LogP contribution is 2.26. The summed E-state index contributed by atoms with van der Waals surface area (Å²) in [5, 5.41) is 11.5. The Labute approximate surface area is 144 Å². The first kappa shape index (κ1) is 16.0. The minimum atomic E-state index is -0.365. The van der Waals surface area contributed by atoms with Crippen LogP contribution in [-0.2, 0) is 0 Å². The number of amides is 1. The number of hydrogen-bond donors (Lipinski definition) is 2. The molecule has 0 aliphatic heterocycles. The Kier molecular flexibility index (Phi) is 4.72. The summed E-state index contributed by atoms with van der Waals surface area (Å²) in [6, 6.07) is 18.6. The Balaban J connectivity index is 1.74. The SMILES string of the molecule is C/C(=N/NC(=O)c1cc(-c2ccccc2Cl)n[nH]1)c1ccccc1. The highest BCUT2D eigenvalue weighted by atomic mass is 35.5. The molecule has 0 saturated carbocycles. The van der Waals surface area contributed by atoms with E-state index in [9.17, 15) is 4.79 Å². The molecule has 1 aromatic heterocycles. The highest BCUT2D eigenvalue weighted by Gasteiger charge is 2.12. The van der Waals surface area contributed by atoms with Gasteiger partial charge in [0.25, 0.3) is 5.91 Å². The van der Waals surface area contributed by atoms with Crippen molar-refractivity contribution in [2.75, 3.05) is 0 Å². The quantitative estimate of drug-likeness (QED) is 0.559. The van der Waals surface area contributed by atoms with Crippen molar-refractivity contribution < 1.29 is 4.79 Å². The smallest absolute Gasteiger partial charge is 0.272 e. The van der Waals surface area contributed by atoms with Gasteiger partial charge in [-0.15, -0.1) is 0 Å². The molecular formula is C18H15ClN4O. The van der Waals surface area contributed by atoms with Crippen LogP contribution >= 0.6 is 11.6 Å². The van der Waals surface area contributed by atoms with Crippen molar-refractivity contribution in [3.8, 4) is 11.3 Å². The molecule has 0 fully saturated rings. The fourth-order valence-electron chi connectivity index (χ4n) is 2.18. The molecule has 3 rings (SSSR count). The van der Waals surface area contributed by atoms with Crippen LogP contribution in [0.5, 0.6) is 0 Å². The maximum absolute atomic E-state index is 12.2. The van der Waals surface area contributed by atoms with Gasteiger partial charge in [-0.2, -0.15) is 10.2 Å². The number of benzene rings is 2. The lowest BCUT2D eigenvalue weighted by atomic mass is 10.1. The van der Waals surface area contributed by atoms with Gasteiger partial charge in [-0.05, 0) is 24.6 Å². The van der Waals surface area contributed by atoms with Crippen LogP contribution in [0, 0.1) is 0 Å². The Morgan fingerprint density at radius 3 is 2.58 bits per heavy atom. The molecule has 5 nitrogen and oxygen atoms in total. The van der Waals surface area contributed by atoms with Crippen molar-refractivity contribution in [1.29, 1.82) is 0 Å². The highest BCUT2D eigenvalue weighted by molar-refractivity contribution is 6.33. The third-order valence-electron chi connectivity index (χ3n) is 3.49. The summed E-state index contributed by atoms with van der Waals surface area (Å²) in [7, 11) is 0. The van der Waals surface area contributed by atoms with E-state index in [0.717, 1.165) is 16.8 Å². The van der Waals surface area contributed by atoms with E-state index in [2.05, 4.69) is 20.7 Å². The van der Waals surface area contributed by atoms with Gasteiger partial charge in [-0.1, -0.05) is 60.1 Å². The summed E-state index contributed by atoms with van der Waals surface area (Å²) in [6.45, 7) is 1.83. The van der Waals surface area contributed by atoms with Crippen LogP contribution in [0.2, 0.25) is 5.02 Å². The molecule has 0 aliphatic carbocycles. The lowest BCUT2D eigenvalue weighted by Crippen LogP contribution is -2.19. The second-order valence-corrected chi connectivity index (χ2v) is 5.56. The minimum absolute atomic E-state index is 0.314. The molecule has 1 amide bonds. The van der Waals surface area contributed by atoms with E-state index in [1.54, 1.807) is 12.1 Å². The fraction of sp³-hybridized carbons (Fsp3) is 0.0556. The molecule has 3 aromatic rings. The normalized spacial score (nSPS) is 11.3. The molecule has 0 saturated heterocycles. The lowest BCUT2D eigenvalue weighted by Gasteiger charge is -2.01. The number of hydrogen-bond acceptors (Lipinski definition) is 3. The van der Waals surface area contributed by atoms with Crippen LogP contribution in [0.4, 0.5) is 0 Å². The van der Waals surface area contributed by atoms with Gasteiger partial charge in [0.05, 0.1) is 16.4 Å². The fourth-order valence-corrected chi connectivity index (χ4v) is 2.42. The van der Waals surface area contributed by atoms with Crippen molar-refractivity contribution in [2.24, 2.45) is 5.10 Å². The molecule has 1 heterocycles. The molecule has 0 spiro atoms. The van der Waals surface area contributed by atoms with Crippen LogP contribution in [0.15, 0.2) is 65.8 Å². The number of nitrogens with one attached hydrogen (secondary N) is 2. The van der Waals surface area contributed by atoms with E-state index in [4.69, 9.17) is 11.6 Å². The first-order valence-electron chi connectivity index (χ1n) is 7.35. The van der Waals surface area contributed by atoms with Gasteiger partial charge >= 0.3 is 0 Å². The number of rotatable bonds is 4. The largest absolute Gasteiger partial charge is 0.289 e. The molecule has 6 heteroatoms. The standard InChI is InChI=1S/C18H15ClN4O/c1-12(13-7-3-2-4-8-13)20-23-18(24)17-11-16(21-22-17)14-9-5-6-10-15(14)19/h2-11H,1H3,(H,21,22)(H,23,24)/b20-12-. The molecule has 0 unspecified atom stereocenters. The number of aromatic amines is 1. The topological polar surface area (TPSA) is 70.1 Å². The lowest BCUT2D eigenvalue weighted by molar-refractivity contribution is 0.0950. The van der Waals surface area contributed by atoms with Gasteiger partial charge in [0.1, 0.15) is 5.69 Å². The van der Waals surface area contributed by atoms with Crippen LogP contribution < -0.4 is 5.43 Å². The van der Waals surface area contributed by atoms with Gasteiger partial charge in [-0.3, -0.25) is 9.89 Å². The minimum Gasteiger partial charge on any atom is -0.272 e. The summed E-state index contributed by atoms with van der Waals surface area (Å²) in [5.74, 6) is -0.365. The summed E-state index contributed by atoms with van der Waals surface area (Å²) in [5.41, 5.74) is 5.87. The summed E-state index contributed by atoms with van der Waals surface area (Å²) in [4.78, 5) is 12.2. The molecule has 2 aromatic carbocycles. The molecule has 0 aliphatic rings. The van der Waals surface area contributed by atoms with Crippen molar-refractivity contribution >= 4 is 23.2 Å². The van der Waals surface area contributed by atoms with Crippen LogP contribution in [0.25, 0.3) is 11.3 Å². The van der Waals surface area contributed by atoms with E-state index >= 15 is 0 Å². The molecule has 0 radical (unpaired) electrons. The second-order valence-electron chi connectivity index (χ2n) is 5.15. The second kappa shape index (κ2) is 7.10. The average Bonchev–Trinajstić information content (AvgIpc) is 3.10. The Morgan fingerprint density at radius 2 is 1.83 bits per heavy atom. The number of H-pyrrole nitrogens is 1. The van der Waals surface area contributed by atoms with E-state index in [1.165, 1.54) is 0 Å². The number of halogens is 1. The van der Waals surface area contributed by atoms with Crippen LogP contribution in [-0.4, -0.2) is 21.8 Å². The molecule has 24 heavy (non-hydrogen) atoms. The number of hydrazone groups is 1. The predicted molar refractivity (Wildman–Crippen MR) is 95.2 cm³/mol. The van der Waals surface area contributed by atoms with Crippen LogP contribution in [0.1, 0.15) is 23.0 Å². The van der Waals surface area contributed by atoms with Crippen molar-refractivity contribution in [3.05, 3.63) is 76.9 Å². The maximum Gasteiger partial charge on any atom is 0.289 e. The van der Waals surface area contributed by atoms with E-state index in [-0.39, 0.29) is 5.91 Å². The zero-order chi connectivity index (χ0) is 16.9. The van der Waals surface area contributed by atoms with E-state index < -0.39 is 0 Å². The summed E-state index contributed by atoms with van der Waals surface area (Å²) in [6.07, 6.45) is 0. The first-order chi connectivity index (χ1) is 11.6. The van der Waals surface area contributed by atoms with Crippen molar-refractivity contribution in [3.63, 3.8) is 0 Å². The first-order valence-corrected chi connectivity index (χ1v) is 7.73. The monoisotopic (exact) mass is 338 g/mol. The van der Waals surface area contributed by atoms with Gasteiger partial charge in [-0.25, -0.2) is 5.43 Å². The van der Waals surface area contributed by atoms with E-state index in [0.29, 0.717) is 16.4 Å². The number of carbonyl (C=O) groups excluding carboxylic acids is 1. The van der Waals surface area contributed by atoms with Gasteiger partial charge in [0, 0.05) is 5.56 Å².